The quantitative estimate of drug-likeness (QED) is 0.170. The molecule has 0 aliphatic heterocycles. The van der Waals surface area contributed by atoms with Crippen LogP contribution in [0.1, 0.15) is 26.2 Å². The lowest BCUT2D eigenvalue weighted by Gasteiger charge is -2.05. The molecule has 0 aliphatic carbocycles. The summed E-state index contributed by atoms with van der Waals surface area (Å²) in [6.07, 6.45) is 3.22. The minimum absolute atomic E-state index is 0.0386. The van der Waals surface area contributed by atoms with E-state index in [1.54, 1.807) is 0 Å². The largest absolute Gasteiger partial charge is 0.369 e. The van der Waals surface area contributed by atoms with Crippen molar-refractivity contribution >= 4 is 11.9 Å². The van der Waals surface area contributed by atoms with Gasteiger partial charge in [0.2, 0.25) is 11.9 Å². The fourth-order valence-corrected chi connectivity index (χ4v) is 0.692. The first kappa shape index (κ1) is 12.5. The van der Waals surface area contributed by atoms with Crippen molar-refractivity contribution in [3.05, 3.63) is 0 Å². The van der Waals surface area contributed by atoms with Crippen molar-refractivity contribution in [1.82, 2.24) is 10.9 Å². The molecule has 0 fully saturated rings. The van der Waals surface area contributed by atoms with E-state index in [1.807, 2.05) is 0 Å². The molecule has 0 saturated carbocycles. The van der Waals surface area contributed by atoms with Crippen LogP contribution in [0.15, 0.2) is 5.10 Å². The Labute approximate surface area is 83.3 Å². The summed E-state index contributed by atoms with van der Waals surface area (Å²) in [5.74, 6) is -0.238. The summed E-state index contributed by atoms with van der Waals surface area (Å²) in [4.78, 5) is 4.97. The third-order valence-corrected chi connectivity index (χ3v) is 1.32. The molecule has 0 aromatic heterocycles. The molecule has 0 atom stereocenters. The average molecular weight is 202 g/mol. The van der Waals surface area contributed by atoms with Crippen LogP contribution in [0.3, 0.4) is 0 Å². The number of hydrazone groups is 1. The molecule has 0 radical (unpaired) electrons. The van der Waals surface area contributed by atoms with Crippen molar-refractivity contribution in [2.45, 2.75) is 26.2 Å². The van der Waals surface area contributed by atoms with Gasteiger partial charge >= 0.3 is 0 Å². The average Bonchev–Trinajstić information content (AvgIpc) is 2.14. The Morgan fingerprint density at radius 2 is 2.14 bits per heavy atom. The molecule has 0 aromatic rings. The molecule has 14 heavy (non-hydrogen) atoms. The van der Waals surface area contributed by atoms with Crippen LogP contribution in [0.4, 0.5) is 0 Å². The first-order valence-electron chi connectivity index (χ1n) is 4.47. The molecular formula is C7H18N6O. The molecule has 82 valence electrons. The number of nitrogens with one attached hydrogen (secondary N) is 3. The predicted octanol–water partition coefficient (Wildman–Crippen LogP) is -0.589. The number of nitrogens with zero attached hydrogens (tertiary/aromatic N) is 1. The van der Waals surface area contributed by atoms with Gasteiger partial charge in [-0.1, -0.05) is 19.8 Å². The van der Waals surface area contributed by atoms with Gasteiger partial charge in [0.1, 0.15) is 0 Å². The highest BCUT2D eigenvalue weighted by molar-refractivity contribution is 5.80. The maximum Gasteiger partial charge on any atom is 0.235 e. The Morgan fingerprint density at radius 1 is 1.43 bits per heavy atom. The third-order valence-electron chi connectivity index (χ3n) is 1.32. The Morgan fingerprint density at radius 3 is 2.71 bits per heavy atom. The lowest BCUT2D eigenvalue weighted by atomic mass is 10.3. The smallest absolute Gasteiger partial charge is 0.235 e. The second kappa shape index (κ2) is 8.11. The van der Waals surface area contributed by atoms with E-state index in [4.69, 9.17) is 21.7 Å². The number of hydrogen-bond acceptors (Lipinski definition) is 3. The molecule has 7 N–H and O–H groups in total. The van der Waals surface area contributed by atoms with Crippen LogP contribution in [0.2, 0.25) is 0 Å². The molecule has 0 aliphatic rings. The fraction of sp³-hybridized carbons (Fsp3) is 0.714. The van der Waals surface area contributed by atoms with Crippen LogP contribution in [0, 0.1) is 5.41 Å². The van der Waals surface area contributed by atoms with Gasteiger partial charge in [-0.3, -0.25) is 10.2 Å². The predicted molar refractivity (Wildman–Crippen MR) is 55.3 cm³/mol. The second-order valence-corrected chi connectivity index (χ2v) is 2.68. The van der Waals surface area contributed by atoms with Gasteiger partial charge in [-0.15, -0.1) is 5.10 Å². The Kier molecular flexibility index (Phi) is 7.24. The number of hydroxylamine groups is 1. The highest BCUT2D eigenvalue weighted by Crippen LogP contribution is 1.92. The van der Waals surface area contributed by atoms with Gasteiger partial charge < -0.3 is 11.5 Å². The maximum absolute atomic E-state index is 6.79. The minimum Gasteiger partial charge on any atom is -0.369 e. The lowest BCUT2D eigenvalue weighted by Crippen LogP contribution is -2.36. The Balaban J connectivity index is 3.38. The van der Waals surface area contributed by atoms with E-state index in [0.717, 1.165) is 19.3 Å². The van der Waals surface area contributed by atoms with Gasteiger partial charge in [0.25, 0.3) is 0 Å². The first-order valence-corrected chi connectivity index (χ1v) is 4.47. The minimum atomic E-state index is -0.277. The molecule has 0 aromatic carbocycles. The van der Waals surface area contributed by atoms with Crippen molar-refractivity contribution in [2.75, 3.05) is 6.61 Å². The molecule has 0 amide bonds. The van der Waals surface area contributed by atoms with Gasteiger partial charge in [0, 0.05) is 0 Å². The van der Waals surface area contributed by atoms with Crippen molar-refractivity contribution < 1.29 is 4.84 Å². The zero-order valence-corrected chi connectivity index (χ0v) is 8.34. The van der Waals surface area contributed by atoms with E-state index in [2.05, 4.69) is 22.9 Å². The molecule has 7 nitrogen and oxygen atoms in total. The number of unbranched alkanes of at least 4 members (excludes halogenated alkanes) is 2. The summed E-state index contributed by atoms with van der Waals surface area (Å²) in [7, 11) is 0. The fourth-order valence-electron chi connectivity index (χ4n) is 0.692. The number of guanidine groups is 2. The highest BCUT2D eigenvalue weighted by atomic mass is 16.6. The zero-order valence-electron chi connectivity index (χ0n) is 8.34. The molecule has 0 heterocycles. The van der Waals surface area contributed by atoms with Crippen LogP contribution in [0.5, 0.6) is 0 Å². The molecule has 0 spiro atoms. The first-order chi connectivity index (χ1) is 6.66. The standard InChI is InChI=1S/C7H18N6O/c1-2-3-4-5-14-13-7(10)12-11-6(8)9/h2-5H2,1H3,(H4,8,9,11)(H3,10,12,13). The zero-order chi connectivity index (χ0) is 10.8. The summed E-state index contributed by atoms with van der Waals surface area (Å²) in [6.45, 7) is 2.68. The molecule has 7 heteroatoms. The van der Waals surface area contributed by atoms with Crippen LogP contribution < -0.4 is 22.4 Å². The molecule has 0 saturated heterocycles. The van der Waals surface area contributed by atoms with Crippen LogP contribution in [0.25, 0.3) is 0 Å². The van der Waals surface area contributed by atoms with E-state index < -0.39 is 0 Å². The van der Waals surface area contributed by atoms with E-state index in [-0.39, 0.29) is 11.9 Å². The van der Waals surface area contributed by atoms with E-state index in [9.17, 15) is 0 Å². The van der Waals surface area contributed by atoms with E-state index in [0.29, 0.717) is 6.61 Å². The summed E-state index contributed by atoms with van der Waals surface area (Å²) in [5, 5.41) is 10.3. The van der Waals surface area contributed by atoms with Gasteiger partial charge in [-0.05, 0) is 6.42 Å². The van der Waals surface area contributed by atoms with E-state index in [1.165, 1.54) is 0 Å². The summed E-state index contributed by atoms with van der Waals surface area (Å²) in [6, 6.07) is 0. The van der Waals surface area contributed by atoms with Gasteiger partial charge in [0.15, 0.2) is 0 Å². The molecular weight excluding hydrogens is 184 g/mol. The summed E-state index contributed by atoms with van der Waals surface area (Å²) in [5.41, 5.74) is 14.9. The van der Waals surface area contributed by atoms with Crippen LogP contribution in [-0.2, 0) is 4.84 Å². The van der Waals surface area contributed by atoms with Crippen molar-refractivity contribution in [2.24, 2.45) is 16.6 Å². The molecule has 0 rings (SSSR count). The maximum atomic E-state index is 6.79. The lowest BCUT2D eigenvalue weighted by molar-refractivity contribution is 0.0807. The number of hydrogen-bond donors (Lipinski definition) is 5. The van der Waals surface area contributed by atoms with Gasteiger partial charge in [0.05, 0.1) is 6.61 Å². The SMILES string of the molecule is CCCCCONC(N)=NNC(=N)N. The monoisotopic (exact) mass is 202 g/mol. The van der Waals surface area contributed by atoms with Gasteiger partial charge in [-0.2, -0.15) is 0 Å². The van der Waals surface area contributed by atoms with Crippen LogP contribution >= 0.6 is 0 Å². The van der Waals surface area contributed by atoms with Crippen LogP contribution in [-0.4, -0.2) is 18.5 Å². The Bertz CT molecular complexity index is 193. The Hall–Kier alpha value is -1.50. The third kappa shape index (κ3) is 8.60. The number of nitrogens with two attached hydrogens (primary N) is 2. The van der Waals surface area contributed by atoms with Crippen molar-refractivity contribution in [3.63, 3.8) is 0 Å². The van der Waals surface area contributed by atoms with Gasteiger partial charge in [-0.25, -0.2) is 10.9 Å². The highest BCUT2D eigenvalue weighted by Gasteiger charge is 1.91. The van der Waals surface area contributed by atoms with Crippen molar-refractivity contribution in [3.8, 4) is 0 Å². The second-order valence-electron chi connectivity index (χ2n) is 2.68. The van der Waals surface area contributed by atoms with Crippen molar-refractivity contribution in [1.29, 1.82) is 5.41 Å². The normalized spacial score (nSPS) is 11.1. The molecule has 0 unspecified atom stereocenters. The summed E-state index contributed by atoms with van der Waals surface area (Å²) >= 11 is 0. The summed E-state index contributed by atoms with van der Waals surface area (Å²) < 4.78 is 0. The number of rotatable bonds is 6. The molecule has 0 bridgehead atoms. The van der Waals surface area contributed by atoms with E-state index >= 15 is 0 Å². The topological polar surface area (TPSA) is 122 Å².